The Bertz CT molecular complexity index is 348. The van der Waals surface area contributed by atoms with Crippen molar-refractivity contribution in [1.29, 1.82) is 0 Å². The third-order valence-electron chi connectivity index (χ3n) is 2.30. The van der Waals surface area contributed by atoms with Gasteiger partial charge in [0.15, 0.2) is 0 Å². The Morgan fingerprint density at radius 3 is 1.91 bits per heavy atom. The predicted octanol–water partition coefficient (Wildman–Crippen LogP) is 2.50. The fourth-order valence-electron chi connectivity index (χ4n) is 1.44. The average Bonchev–Trinajstić information content (AvgIpc) is 2.40. The fraction of sp³-hybridized carbons (Fsp3) is 0.688. The lowest BCUT2D eigenvalue weighted by molar-refractivity contribution is -0.145. The summed E-state index contributed by atoms with van der Waals surface area (Å²) in [5.41, 5.74) is 6.06. The SMILES string of the molecule is CCC/C(N)=C\C(=O)OCC.CCCC(=O)CC(=O)OCC. The number of hydrogen-bond acceptors (Lipinski definition) is 6. The second-order valence-electron chi connectivity index (χ2n) is 4.49. The summed E-state index contributed by atoms with van der Waals surface area (Å²) in [6, 6.07) is 0. The van der Waals surface area contributed by atoms with Crippen molar-refractivity contribution in [2.24, 2.45) is 5.73 Å². The Hall–Kier alpha value is -1.85. The summed E-state index contributed by atoms with van der Waals surface area (Å²) in [7, 11) is 0. The number of nitrogens with two attached hydrogens (primary N) is 1. The Morgan fingerprint density at radius 1 is 0.909 bits per heavy atom. The van der Waals surface area contributed by atoms with E-state index in [1.54, 1.807) is 13.8 Å². The molecular weight excluding hydrogens is 286 g/mol. The van der Waals surface area contributed by atoms with Crippen LogP contribution in [0.25, 0.3) is 0 Å². The molecule has 0 aliphatic rings. The molecule has 0 fully saturated rings. The first-order valence-electron chi connectivity index (χ1n) is 7.71. The van der Waals surface area contributed by atoms with Crippen molar-refractivity contribution in [2.45, 2.75) is 59.8 Å². The highest BCUT2D eigenvalue weighted by Crippen LogP contribution is 1.97. The summed E-state index contributed by atoms with van der Waals surface area (Å²) >= 11 is 0. The van der Waals surface area contributed by atoms with Crippen LogP contribution in [-0.4, -0.2) is 30.9 Å². The second-order valence-corrected chi connectivity index (χ2v) is 4.49. The number of hydrogen-bond donors (Lipinski definition) is 1. The van der Waals surface area contributed by atoms with E-state index in [-0.39, 0.29) is 18.2 Å². The number of ether oxygens (including phenoxy) is 2. The largest absolute Gasteiger partial charge is 0.466 e. The van der Waals surface area contributed by atoms with Gasteiger partial charge in [0.05, 0.1) is 13.2 Å². The Balaban J connectivity index is 0. The highest BCUT2D eigenvalue weighted by atomic mass is 16.5. The lowest BCUT2D eigenvalue weighted by atomic mass is 10.2. The molecule has 0 aliphatic heterocycles. The van der Waals surface area contributed by atoms with Crippen LogP contribution >= 0.6 is 0 Å². The van der Waals surface area contributed by atoms with Gasteiger partial charge in [0.2, 0.25) is 0 Å². The molecule has 0 atom stereocenters. The third-order valence-corrected chi connectivity index (χ3v) is 2.30. The maximum absolute atomic E-state index is 10.8. The summed E-state index contributed by atoms with van der Waals surface area (Å²) in [6.07, 6.45) is 4.23. The van der Waals surface area contributed by atoms with Gasteiger partial charge < -0.3 is 15.2 Å². The van der Waals surface area contributed by atoms with Gasteiger partial charge in [-0.3, -0.25) is 9.59 Å². The molecule has 6 nitrogen and oxygen atoms in total. The summed E-state index contributed by atoms with van der Waals surface area (Å²) in [6.45, 7) is 8.14. The molecule has 6 heteroatoms. The molecule has 0 saturated heterocycles. The molecule has 0 aromatic rings. The quantitative estimate of drug-likeness (QED) is 0.399. The van der Waals surface area contributed by atoms with Crippen LogP contribution in [0.15, 0.2) is 11.8 Å². The van der Waals surface area contributed by atoms with Gasteiger partial charge in [-0.2, -0.15) is 0 Å². The Morgan fingerprint density at radius 2 is 1.45 bits per heavy atom. The van der Waals surface area contributed by atoms with Crippen LogP contribution in [0.5, 0.6) is 0 Å². The molecule has 0 unspecified atom stereocenters. The molecule has 0 amide bonds. The van der Waals surface area contributed by atoms with Crippen molar-refractivity contribution in [1.82, 2.24) is 0 Å². The van der Waals surface area contributed by atoms with Crippen molar-refractivity contribution < 1.29 is 23.9 Å². The summed E-state index contributed by atoms with van der Waals surface area (Å²) in [5.74, 6) is -0.796. The zero-order valence-electron chi connectivity index (χ0n) is 14.1. The van der Waals surface area contributed by atoms with E-state index in [4.69, 9.17) is 5.73 Å². The van der Waals surface area contributed by atoms with E-state index in [1.165, 1.54) is 6.08 Å². The normalized spacial score (nSPS) is 10.3. The molecular formula is C16H29NO5. The van der Waals surface area contributed by atoms with Gasteiger partial charge in [0.1, 0.15) is 12.2 Å². The minimum absolute atomic E-state index is 0.0362. The molecule has 0 saturated carbocycles. The molecule has 0 aromatic carbocycles. The number of Topliss-reactive ketones (excluding diaryl/α,β-unsaturated/α-hetero) is 1. The topological polar surface area (TPSA) is 95.7 Å². The third kappa shape index (κ3) is 16.2. The van der Waals surface area contributed by atoms with Gasteiger partial charge in [-0.05, 0) is 26.7 Å². The number of ketones is 1. The van der Waals surface area contributed by atoms with E-state index in [0.29, 0.717) is 25.3 Å². The Labute approximate surface area is 133 Å². The van der Waals surface area contributed by atoms with Crippen molar-refractivity contribution >= 4 is 17.7 Å². The van der Waals surface area contributed by atoms with Crippen LogP contribution in [0, 0.1) is 0 Å². The summed E-state index contributed by atoms with van der Waals surface area (Å²) in [5, 5.41) is 0. The number of esters is 2. The van der Waals surface area contributed by atoms with Crippen molar-refractivity contribution in [3.8, 4) is 0 Å². The lowest BCUT2D eigenvalue weighted by Crippen LogP contribution is -2.10. The Kier molecular flexibility index (Phi) is 15.8. The summed E-state index contributed by atoms with van der Waals surface area (Å²) < 4.78 is 9.26. The molecule has 128 valence electrons. The average molecular weight is 315 g/mol. The van der Waals surface area contributed by atoms with E-state index < -0.39 is 5.97 Å². The molecule has 0 bridgehead atoms. The van der Waals surface area contributed by atoms with E-state index in [2.05, 4.69) is 9.47 Å². The molecule has 0 heterocycles. The lowest BCUT2D eigenvalue weighted by Gasteiger charge is -1.98. The van der Waals surface area contributed by atoms with Crippen molar-refractivity contribution in [3.63, 3.8) is 0 Å². The van der Waals surface area contributed by atoms with E-state index in [9.17, 15) is 14.4 Å². The van der Waals surface area contributed by atoms with Crippen LogP contribution in [0.1, 0.15) is 59.8 Å². The van der Waals surface area contributed by atoms with Crippen LogP contribution < -0.4 is 5.73 Å². The minimum atomic E-state index is -0.411. The van der Waals surface area contributed by atoms with Crippen LogP contribution in [-0.2, 0) is 23.9 Å². The van der Waals surface area contributed by atoms with Crippen LogP contribution in [0.3, 0.4) is 0 Å². The van der Waals surface area contributed by atoms with Crippen LogP contribution in [0.2, 0.25) is 0 Å². The first-order valence-corrected chi connectivity index (χ1v) is 7.71. The standard InChI is InChI=1S/C8H15NO2.C8H14O3/c2*1-3-5-7(9)6-8(10)11-4-2/h6H,3-5,9H2,1-2H3;3-6H2,1-2H3/b7-6+;. The van der Waals surface area contributed by atoms with Gasteiger partial charge in [0, 0.05) is 18.2 Å². The number of allylic oxidation sites excluding steroid dienone is 1. The van der Waals surface area contributed by atoms with Crippen LogP contribution in [0.4, 0.5) is 0 Å². The van der Waals surface area contributed by atoms with Gasteiger partial charge in [0.25, 0.3) is 0 Å². The maximum atomic E-state index is 10.8. The molecule has 0 aromatic heterocycles. The molecule has 0 spiro atoms. The smallest absolute Gasteiger partial charge is 0.332 e. The van der Waals surface area contributed by atoms with Gasteiger partial charge in [-0.15, -0.1) is 0 Å². The molecule has 0 aliphatic carbocycles. The zero-order valence-corrected chi connectivity index (χ0v) is 14.1. The van der Waals surface area contributed by atoms with Crippen molar-refractivity contribution in [2.75, 3.05) is 13.2 Å². The molecule has 2 N–H and O–H groups in total. The number of carbonyl (C=O) groups is 3. The number of carbonyl (C=O) groups excluding carboxylic acids is 3. The molecule has 0 radical (unpaired) electrons. The van der Waals surface area contributed by atoms with Gasteiger partial charge in [-0.25, -0.2) is 4.79 Å². The second kappa shape index (κ2) is 15.5. The molecule has 0 rings (SSSR count). The zero-order chi connectivity index (χ0) is 17.4. The monoisotopic (exact) mass is 315 g/mol. The van der Waals surface area contributed by atoms with E-state index in [0.717, 1.165) is 19.3 Å². The van der Waals surface area contributed by atoms with Gasteiger partial charge in [-0.1, -0.05) is 20.3 Å². The number of rotatable bonds is 9. The minimum Gasteiger partial charge on any atom is -0.466 e. The highest BCUT2D eigenvalue weighted by molar-refractivity contribution is 5.95. The summed E-state index contributed by atoms with van der Waals surface area (Å²) in [4.78, 5) is 32.3. The van der Waals surface area contributed by atoms with E-state index in [1.807, 2.05) is 13.8 Å². The fourth-order valence-corrected chi connectivity index (χ4v) is 1.44. The van der Waals surface area contributed by atoms with E-state index >= 15 is 0 Å². The molecule has 22 heavy (non-hydrogen) atoms. The first-order chi connectivity index (χ1) is 10.4. The van der Waals surface area contributed by atoms with Gasteiger partial charge >= 0.3 is 11.9 Å². The first kappa shape index (κ1) is 22.4. The maximum Gasteiger partial charge on any atom is 0.332 e. The van der Waals surface area contributed by atoms with Crippen molar-refractivity contribution in [3.05, 3.63) is 11.8 Å². The predicted molar refractivity (Wildman–Crippen MR) is 85.0 cm³/mol. The highest BCUT2D eigenvalue weighted by Gasteiger charge is 2.08.